The summed E-state index contributed by atoms with van der Waals surface area (Å²) in [5.74, 6) is 1.24. The van der Waals surface area contributed by atoms with Crippen molar-refractivity contribution in [3.05, 3.63) is 86.4 Å². The normalized spacial score (nSPS) is 10.7. The molecule has 0 aliphatic rings. The molecule has 1 N–H and O–H groups in total. The third kappa shape index (κ3) is 5.96. The maximum Gasteiger partial charge on any atom is 0.163 e. The van der Waals surface area contributed by atoms with E-state index >= 15 is 0 Å². The Morgan fingerprint density at radius 3 is 2.21 bits per heavy atom. The highest BCUT2D eigenvalue weighted by atomic mass is 35.5. The first kappa shape index (κ1) is 21.6. The number of benzene rings is 3. The van der Waals surface area contributed by atoms with Crippen molar-refractivity contribution in [2.45, 2.75) is 27.0 Å². The molecule has 0 radical (unpaired) electrons. The van der Waals surface area contributed by atoms with Crippen LogP contribution in [0.25, 0.3) is 0 Å². The molecule has 0 aliphatic carbocycles. The SMILES string of the molecule is CCOc1cc(CNc2ccc(C)cc2)c(Cl)cc1OCc1ccc(Cl)c(Cl)c1. The van der Waals surface area contributed by atoms with Crippen molar-refractivity contribution in [1.29, 1.82) is 0 Å². The maximum absolute atomic E-state index is 6.51. The van der Waals surface area contributed by atoms with Gasteiger partial charge >= 0.3 is 0 Å². The van der Waals surface area contributed by atoms with Crippen molar-refractivity contribution in [3.8, 4) is 11.5 Å². The zero-order valence-electron chi connectivity index (χ0n) is 16.3. The highest BCUT2D eigenvalue weighted by Gasteiger charge is 2.12. The van der Waals surface area contributed by atoms with E-state index in [1.54, 1.807) is 18.2 Å². The number of anilines is 1. The molecule has 0 amide bonds. The van der Waals surface area contributed by atoms with E-state index in [2.05, 4.69) is 24.4 Å². The van der Waals surface area contributed by atoms with Crippen molar-refractivity contribution < 1.29 is 9.47 Å². The number of ether oxygens (including phenoxy) is 2. The Balaban J connectivity index is 1.74. The van der Waals surface area contributed by atoms with Gasteiger partial charge in [0.2, 0.25) is 0 Å². The van der Waals surface area contributed by atoms with Crippen LogP contribution in [0.1, 0.15) is 23.6 Å². The van der Waals surface area contributed by atoms with Crippen molar-refractivity contribution in [2.75, 3.05) is 11.9 Å². The second-order valence-electron chi connectivity index (χ2n) is 6.58. The molecule has 0 spiro atoms. The first-order valence-electron chi connectivity index (χ1n) is 9.28. The number of hydrogen-bond donors (Lipinski definition) is 1. The Bertz CT molecular complexity index is 975. The maximum atomic E-state index is 6.51. The van der Waals surface area contributed by atoms with Crippen molar-refractivity contribution in [2.24, 2.45) is 0 Å². The largest absolute Gasteiger partial charge is 0.490 e. The summed E-state index contributed by atoms with van der Waals surface area (Å²) in [5.41, 5.74) is 4.08. The fourth-order valence-corrected chi connectivity index (χ4v) is 3.29. The van der Waals surface area contributed by atoms with Gasteiger partial charge in [0, 0.05) is 23.3 Å². The van der Waals surface area contributed by atoms with E-state index in [0.717, 1.165) is 16.8 Å². The van der Waals surface area contributed by atoms with Crippen LogP contribution in [0.2, 0.25) is 15.1 Å². The van der Waals surface area contributed by atoms with Crippen LogP contribution in [-0.4, -0.2) is 6.61 Å². The summed E-state index contributed by atoms with van der Waals surface area (Å²) in [6.45, 7) is 5.42. The van der Waals surface area contributed by atoms with Crippen LogP contribution < -0.4 is 14.8 Å². The van der Waals surface area contributed by atoms with Gasteiger partial charge in [-0.15, -0.1) is 0 Å². The van der Waals surface area contributed by atoms with Gasteiger partial charge in [-0.3, -0.25) is 0 Å². The summed E-state index contributed by atoms with van der Waals surface area (Å²) in [6.07, 6.45) is 0. The Hall–Kier alpha value is -2.07. The average molecular weight is 451 g/mol. The molecule has 0 heterocycles. The zero-order valence-corrected chi connectivity index (χ0v) is 18.5. The average Bonchev–Trinajstić information content (AvgIpc) is 2.70. The number of rotatable bonds is 8. The van der Waals surface area contributed by atoms with Gasteiger partial charge in [0.1, 0.15) is 6.61 Å². The van der Waals surface area contributed by atoms with Crippen molar-refractivity contribution in [1.82, 2.24) is 0 Å². The molecule has 3 aromatic carbocycles. The third-order valence-corrected chi connectivity index (χ3v) is 5.42. The minimum absolute atomic E-state index is 0.328. The van der Waals surface area contributed by atoms with Gasteiger partial charge in [0.25, 0.3) is 0 Å². The lowest BCUT2D eigenvalue weighted by atomic mass is 10.1. The molecule has 152 valence electrons. The quantitative estimate of drug-likeness (QED) is 0.384. The molecule has 0 aliphatic heterocycles. The van der Waals surface area contributed by atoms with E-state index < -0.39 is 0 Å². The number of nitrogens with one attached hydrogen (secondary N) is 1. The fraction of sp³-hybridized carbons (Fsp3) is 0.217. The van der Waals surface area contributed by atoms with Gasteiger partial charge in [0.15, 0.2) is 11.5 Å². The smallest absolute Gasteiger partial charge is 0.163 e. The fourth-order valence-electron chi connectivity index (χ4n) is 2.75. The molecule has 3 nitrogen and oxygen atoms in total. The molecule has 0 atom stereocenters. The molecule has 0 aromatic heterocycles. The highest BCUT2D eigenvalue weighted by Crippen LogP contribution is 2.35. The van der Waals surface area contributed by atoms with E-state index in [1.807, 2.05) is 31.2 Å². The Morgan fingerprint density at radius 1 is 0.793 bits per heavy atom. The van der Waals surface area contributed by atoms with E-state index in [-0.39, 0.29) is 0 Å². The molecule has 0 saturated heterocycles. The first-order chi connectivity index (χ1) is 14.0. The molecular weight excluding hydrogens is 429 g/mol. The van der Waals surface area contributed by atoms with E-state index in [4.69, 9.17) is 44.3 Å². The molecule has 0 saturated carbocycles. The minimum atomic E-state index is 0.328. The molecule has 0 fully saturated rings. The Morgan fingerprint density at radius 2 is 1.52 bits per heavy atom. The van der Waals surface area contributed by atoms with Crippen LogP contribution in [0, 0.1) is 6.92 Å². The summed E-state index contributed by atoms with van der Waals surface area (Å²) < 4.78 is 11.7. The molecule has 6 heteroatoms. The Labute approximate surface area is 186 Å². The van der Waals surface area contributed by atoms with Gasteiger partial charge in [-0.2, -0.15) is 0 Å². The minimum Gasteiger partial charge on any atom is -0.490 e. The van der Waals surface area contributed by atoms with Crippen LogP contribution >= 0.6 is 34.8 Å². The zero-order chi connectivity index (χ0) is 20.8. The second kappa shape index (κ2) is 10.1. The van der Waals surface area contributed by atoms with Crippen LogP contribution in [0.15, 0.2) is 54.6 Å². The van der Waals surface area contributed by atoms with Gasteiger partial charge in [0.05, 0.1) is 16.7 Å². The van der Waals surface area contributed by atoms with Gasteiger partial charge in [-0.25, -0.2) is 0 Å². The van der Waals surface area contributed by atoms with Crippen molar-refractivity contribution >= 4 is 40.5 Å². The molecule has 0 bridgehead atoms. The summed E-state index contributed by atoms with van der Waals surface area (Å²) in [6, 6.07) is 17.3. The lowest BCUT2D eigenvalue weighted by Gasteiger charge is -2.16. The summed E-state index contributed by atoms with van der Waals surface area (Å²) in [5, 5.41) is 4.99. The third-order valence-electron chi connectivity index (χ3n) is 4.33. The van der Waals surface area contributed by atoms with Crippen LogP contribution in [-0.2, 0) is 13.2 Å². The van der Waals surface area contributed by atoms with Gasteiger partial charge in [-0.05, 0) is 55.3 Å². The molecule has 29 heavy (non-hydrogen) atoms. The van der Waals surface area contributed by atoms with Crippen molar-refractivity contribution in [3.63, 3.8) is 0 Å². The number of hydrogen-bond acceptors (Lipinski definition) is 3. The summed E-state index contributed by atoms with van der Waals surface area (Å²) in [4.78, 5) is 0. The topological polar surface area (TPSA) is 30.5 Å². The molecular formula is C23H22Cl3NO2. The highest BCUT2D eigenvalue weighted by molar-refractivity contribution is 6.42. The van der Waals surface area contributed by atoms with E-state index in [9.17, 15) is 0 Å². The molecule has 0 unspecified atom stereocenters. The number of halogens is 3. The Kier molecular flexibility index (Phi) is 7.54. The second-order valence-corrected chi connectivity index (χ2v) is 7.80. The lowest BCUT2D eigenvalue weighted by Crippen LogP contribution is -2.04. The van der Waals surface area contributed by atoms with E-state index in [0.29, 0.717) is 46.3 Å². The molecule has 3 aromatic rings. The predicted molar refractivity (Wildman–Crippen MR) is 122 cm³/mol. The standard InChI is InChI=1S/C23H22Cl3NO2/c1-3-28-22-11-17(13-27-18-7-4-15(2)5-8-18)20(25)12-23(22)29-14-16-6-9-19(24)21(26)10-16/h4-12,27H,3,13-14H2,1-2H3. The predicted octanol–water partition coefficient (Wildman–Crippen LogP) is 7.55. The summed E-state index contributed by atoms with van der Waals surface area (Å²) in [7, 11) is 0. The van der Waals surface area contributed by atoms with Crippen LogP contribution in [0.5, 0.6) is 11.5 Å². The summed E-state index contributed by atoms with van der Waals surface area (Å²) >= 11 is 18.6. The van der Waals surface area contributed by atoms with Gasteiger partial charge in [-0.1, -0.05) is 58.6 Å². The van der Waals surface area contributed by atoms with Gasteiger partial charge < -0.3 is 14.8 Å². The van der Waals surface area contributed by atoms with Crippen LogP contribution in [0.4, 0.5) is 5.69 Å². The lowest BCUT2D eigenvalue weighted by molar-refractivity contribution is 0.269. The number of aryl methyl sites for hydroxylation is 1. The molecule has 3 rings (SSSR count). The van der Waals surface area contributed by atoms with Crippen LogP contribution in [0.3, 0.4) is 0 Å². The first-order valence-corrected chi connectivity index (χ1v) is 10.4. The van der Waals surface area contributed by atoms with E-state index in [1.165, 1.54) is 5.56 Å². The monoisotopic (exact) mass is 449 g/mol.